The van der Waals surface area contributed by atoms with Crippen LogP contribution < -0.4 is 4.74 Å². The first-order valence-electron chi connectivity index (χ1n) is 9.35. The Morgan fingerprint density at radius 2 is 2.12 bits per heavy atom. The molecule has 0 unspecified atom stereocenters. The van der Waals surface area contributed by atoms with Crippen LogP contribution in [0.25, 0.3) is 0 Å². The third-order valence-electron chi connectivity index (χ3n) is 5.17. The predicted octanol–water partition coefficient (Wildman–Crippen LogP) is 6.72. The fourth-order valence-electron chi connectivity index (χ4n) is 3.81. The summed E-state index contributed by atoms with van der Waals surface area (Å²) in [5.74, 6) is 1.44. The van der Waals surface area contributed by atoms with Gasteiger partial charge in [0.05, 0.1) is 0 Å². The molecule has 1 aromatic rings. The molecule has 0 saturated carbocycles. The molecule has 0 fully saturated rings. The topological polar surface area (TPSA) is 29.5 Å². The van der Waals surface area contributed by atoms with Crippen molar-refractivity contribution >= 4 is 11.6 Å². The summed E-state index contributed by atoms with van der Waals surface area (Å²) in [6.45, 7) is 10.6. The molecule has 0 bridgehead atoms. The summed E-state index contributed by atoms with van der Waals surface area (Å²) in [5.41, 5.74) is 4.47. The molecular formula is C22H31ClO2. The second kappa shape index (κ2) is 9.33. The average molecular weight is 363 g/mol. The summed E-state index contributed by atoms with van der Waals surface area (Å²) in [5, 5.41) is 10.8. The molecule has 0 amide bonds. The lowest BCUT2D eigenvalue weighted by Crippen LogP contribution is -2.18. The lowest BCUT2D eigenvalue weighted by molar-refractivity contribution is 0.363. The van der Waals surface area contributed by atoms with Gasteiger partial charge in [-0.05, 0) is 63.1 Å². The monoisotopic (exact) mass is 362 g/mol. The third-order valence-corrected chi connectivity index (χ3v) is 5.28. The molecule has 0 radical (unpaired) electrons. The molecule has 1 N–H and O–H groups in total. The fraction of sp³-hybridized carbons (Fsp3) is 0.545. The van der Waals surface area contributed by atoms with E-state index >= 15 is 0 Å². The Labute approximate surface area is 157 Å². The van der Waals surface area contributed by atoms with Crippen LogP contribution in [0.1, 0.15) is 69.9 Å². The molecule has 0 spiro atoms. The number of benzene rings is 1. The van der Waals surface area contributed by atoms with Gasteiger partial charge in [0, 0.05) is 11.5 Å². The quantitative estimate of drug-likeness (QED) is 0.316. The van der Waals surface area contributed by atoms with Crippen LogP contribution in [0.4, 0.5) is 0 Å². The van der Waals surface area contributed by atoms with E-state index in [1.54, 1.807) is 0 Å². The van der Waals surface area contributed by atoms with Crippen molar-refractivity contribution in [3.63, 3.8) is 0 Å². The number of unbranched alkanes of at least 4 members (excludes halogenated alkanes) is 2. The van der Waals surface area contributed by atoms with Gasteiger partial charge in [0.25, 0.3) is 0 Å². The summed E-state index contributed by atoms with van der Waals surface area (Å²) in [4.78, 5) is 0. The van der Waals surface area contributed by atoms with Gasteiger partial charge in [0.15, 0.2) is 6.07 Å². The molecule has 1 aromatic carbocycles. The Morgan fingerprint density at radius 3 is 2.76 bits per heavy atom. The lowest BCUT2D eigenvalue weighted by atomic mass is 9.73. The van der Waals surface area contributed by atoms with Crippen molar-refractivity contribution in [3.05, 3.63) is 47.1 Å². The van der Waals surface area contributed by atoms with Crippen molar-refractivity contribution < 1.29 is 9.84 Å². The maximum Gasteiger partial charge on any atom is 0.162 e. The number of ether oxygens (including phenoxy) is 1. The van der Waals surface area contributed by atoms with Gasteiger partial charge < -0.3 is 9.84 Å². The van der Waals surface area contributed by atoms with E-state index in [2.05, 4.69) is 39.5 Å². The van der Waals surface area contributed by atoms with Gasteiger partial charge in [-0.2, -0.15) is 0 Å². The molecule has 2 nitrogen and oxygen atoms in total. The molecule has 2 atom stereocenters. The van der Waals surface area contributed by atoms with E-state index in [9.17, 15) is 5.11 Å². The first kappa shape index (κ1) is 19.9. The fourth-order valence-corrected chi connectivity index (χ4v) is 3.93. The number of phenolic OH excluding ortho intramolecular Hbond substituents is 1. The van der Waals surface area contributed by atoms with Gasteiger partial charge in [0.1, 0.15) is 11.5 Å². The van der Waals surface area contributed by atoms with Crippen LogP contribution in [0.5, 0.6) is 11.5 Å². The number of rotatable bonds is 8. The number of allylic oxidation sites excluding steroid dienone is 3. The average Bonchev–Trinajstić information content (AvgIpc) is 2.55. The van der Waals surface area contributed by atoms with Crippen LogP contribution >= 0.6 is 11.6 Å². The highest BCUT2D eigenvalue weighted by molar-refractivity contribution is 6.17. The van der Waals surface area contributed by atoms with E-state index in [0.717, 1.165) is 42.4 Å². The number of aryl methyl sites for hydroxylation is 1. The Bertz CT molecular complexity index is 633. The van der Waals surface area contributed by atoms with E-state index in [1.165, 1.54) is 18.4 Å². The number of hydrogen-bond acceptors (Lipinski definition) is 2. The van der Waals surface area contributed by atoms with Crippen LogP contribution in [-0.4, -0.2) is 11.2 Å². The Kier molecular flexibility index (Phi) is 7.43. The molecule has 0 saturated heterocycles. The molecule has 2 rings (SSSR count). The molecule has 25 heavy (non-hydrogen) atoms. The maximum absolute atomic E-state index is 10.8. The van der Waals surface area contributed by atoms with Crippen LogP contribution in [0.2, 0.25) is 0 Å². The zero-order chi connectivity index (χ0) is 18.4. The minimum Gasteiger partial charge on any atom is -0.507 e. The third kappa shape index (κ3) is 5.04. The molecule has 138 valence electrons. The molecule has 0 aromatic heterocycles. The largest absolute Gasteiger partial charge is 0.507 e. The van der Waals surface area contributed by atoms with Crippen LogP contribution in [0.15, 0.2) is 35.9 Å². The Hall–Kier alpha value is -1.41. The maximum atomic E-state index is 10.8. The van der Waals surface area contributed by atoms with Gasteiger partial charge in [-0.1, -0.05) is 55.2 Å². The summed E-state index contributed by atoms with van der Waals surface area (Å²) in [7, 11) is 0. The number of aromatic hydroxyl groups is 1. The van der Waals surface area contributed by atoms with Crippen molar-refractivity contribution in [3.8, 4) is 11.5 Å². The molecule has 0 aliphatic heterocycles. The van der Waals surface area contributed by atoms with Gasteiger partial charge in [-0.25, -0.2) is 0 Å². The second-order valence-electron chi connectivity index (χ2n) is 7.27. The summed E-state index contributed by atoms with van der Waals surface area (Å²) in [6, 6.07) is 4.04. The van der Waals surface area contributed by atoms with Crippen molar-refractivity contribution in [2.45, 2.75) is 65.2 Å². The predicted molar refractivity (Wildman–Crippen MR) is 107 cm³/mol. The van der Waals surface area contributed by atoms with Gasteiger partial charge in [-0.3, -0.25) is 0 Å². The highest BCUT2D eigenvalue weighted by atomic mass is 35.5. The van der Waals surface area contributed by atoms with E-state index in [1.807, 2.05) is 6.07 Å². The van der Waals surface area contributed by atoms with Crippen molar-refractivity contribution in [1.82, 2.24) is 0 Å². The van der Waals surface area contributed by atoms with E-state index in [0.29, 0.717) is 17.4 Å². The normalized spacial score (nSPS) is 20.2. The minimum absolute atomic E-state index is 0.0814. The lowest BCUT2D eigenvalue weighted by Gasteiger charge is -2.32. The number of phenols is 1. The van der Waals surface area contributed by atoms with E-state index in [-0.39, 0.29) is 12.0 Å². The SMILES string of the molecule is C=C(C)[C@@H]1CCC(C)=C[C@H]1c1c(O)cc(CCCCC)cc1OCCl. The van der Waals surface area contributed by atoms with Crippen LogP contribution in [0.3, 0.4) is 0 Å². The molecule has 1 aliphatic rings. The first-order chi connectivity index (χ1) is 12.0. The zero-order valence-electron chi connectivity index (χ0n) is 15.8. The number of halogens is 1. The summed E-state index contributed by atoms with van der Waals surface area (Å²) < 4.78 is 5.73. The van der Waals surface area contributed by atoms with Crippen molar-refractivity contribution in [2.24, 2.45) is 5.92 Å². The van der Waals surface area contributed by atoms with Gasteiger partial charge in [-0.15, -0.1) is 0 Å². The number of alkyl halides is 1. The van der Waals surface area contributed by atoms with Crippen molar-refractivity contribution in [2.75, 3.05) is 6.07 Å². The van der Waals surface area contributed by atoms with Crippen molar-refractivity contribution in [1.29, 1.82) is 0 Å². The zero-order valence-corrected chi connectivity index (χ0v) is 16.5. The molecule has 1 aliphatic carbocycles. The molecular weight excluding hydrogens is 332 g/mol. The standard InChI is InChI=1S/C22H31ClO2/c1-5-6-7-8-17-12-20(24)22(21(13-17)25-14-23)19-11-16(4)9-10-18(19)15(2)3/h11-13,18-19,24H,2,5-10,14H2,1,3-4H3/t18-,19+/m0/s1. The van der Waals surface area contributed by atoms with Gasteiger partial charge in [0.2, 0.25) is 0 Å². The smallest absolute Gasteiger partial charge is 0.162 e. The number of hydrogen-bond donors (Lipinski definition) is 1. The minimum atomic E-state index is 0.0814. The van der Waals surface area contributed by atoms with E-state index < -0.39 is 0 Å². The van der Waals surface area contributed by atoms with Crippen LogP contribution in [-0.2, 0) is 6.42 Å². The van der Waals surface area contributed by atoms with Crippen LogP contribution in [0, 0.1) is 5.92 Å². The van der Waals surface area contributed by atoms with E-state index in [4.69, 9.17) is 16.3 Å². The Morgan fingerprint density at radius 1 is 1.36 bits per heavy atom. The highest BCUT2D eigenvalue weighted by Gasteiger charge is 2.30. The molecule has 3 heteroatoms. The molecule has 0 heterocycles. The summed E-state index contributed by atoms with van der Waals surface area (Å²) >= 11 is 5.87. The second-order valence-corrected chi connectivity index (χ2v) is 7.49. The highest BCUT2D eigenvalue weighted by Crippen LogP contribution is 2.47. The first-order valence-corrected chi connectivity index (χ1v) is 9.88. The van der Waals surface area contributed by atoms with Gasteiger partial charge >= 0.3 is 0 Å². The Balaban J connectivity index is 2.43. The summed E-state index contributed by atoms with van der Waals surface area (Å²) in [6.07, 6.45) is 8.83.